The monoisotopic (exact) mass is 365 g/mol. The average molecular weight is 365 g/mol. The lowest BCUT2D eigenvalue weighted by atomic mass is 10.1. The molecule has 1 atom stereocenters. The van der Waals surface area contributed by atoms with Crippen LogP contribution in [0.2, 0.25) is 0 Å². The third kappa shape index (κ3) is 3.72. The number of pyridine rings is 1. The number of aromatic nitrogens is 3. The quantitative estimate of drug-likeness (QED) is 0.769. The summed E-state index contributed by atoms with van der Waals surface area (Å²) in [5, 5.41) is 7.80. The van der Waals surface area contributed by atoms with Crippen LogP contribution in [0.15, 0.2) is 47.1 Å². The smallest absolute Gasteiger partial charge is 0.257 e. The zero-order chi connectivity index (χ0) is 18.8. The Balaban J connectivity index is 1.54. The van der Waals surface area contributed by atoms with Gasteiger partial charge in [-0.3, -0.25) is 9.48 Å². The van der Waals surface area contributed by atoms with Gasteiger partial charge in [-0.1, -0.05) is 6.07 Å². The fraction of sp³-hybridized carbons (Fsp3) is 0.350. The van der Waals surface area contributed by atoms with E-state index in [1.807, 2.05) is 53.8 Å². The number of anilines is 1. The van der Waals surface area contributed by atoms with Crippen LogP contribution in [0.5, 0.6) is 0 Å². The third-order valence-electron chi connectivity index (χ3n) is 4.86. The Morgan fingerprint density at radius 1 is 1.26 bits per heavy atom. The van der Waals surface area contributed by atoms with E-state index in [4.69, 9.17) is 4.42 Å². The van der Waals surface area contributed by atoms with Crippen LogP contribution in [-0.4, -0.2) is 38.7 Å². The molecule has 0 aliphatic carbocycles. The van der Waals surface area contributed by atoms with E-state index in [1.54, 1.807) is 12.4 Å². The molecule has 0 saturated heterocycles. The molecule has 3 aromatic heterocycles. The summed E-state index contributed by atoms with van der Waals surface area (Å²) in [6.07, 6.45) is 3.56. The summed E-state index contributed by atoms with van der Waals surface area (Å²) in [7, 11) is 0. The third-order valence-corrected chi connectivity index (χ3v) is 4.86. The highest BCUT2D eigenvalue weighted by Gasteiger charge is 2.28. The lowest BCUT2D eigenvalue weighted by molar-refractivity contribution is 0.0722. The van der Waals surface area contributed by atoms with Gasteiger partial charge in [-0.15, -0.1) is 0 Å². The topological polar surface area (TPSA) is 76.2 Å². The summed E-state index contributed by atoms with van der Waals surface area (Å²) < 4.78 is 7.55. The van der Waals surface area contributed by atoms with Crippen molar-refractivity contribution < 1.29 is 9.21 Å². The van der Waals surface area contributed by atoms with Crippen molar-refractivity contribution in [3.8, 4) is 0 Å². The molecule has 7 nitrogen and oxygen atoms in total. The van der Waals surface area contributed by atoms with Gasteiger partial charge in [-0.2, -0.15) is 5.10 Å². The molecule has 1 N–H and O–H groups in total. The molecule has 1 aliphatic heterocycles. The second kappa shape index (κ2) is 7.26. The molecule has 0 unspecified atom stereocenters. The Morgan fingerprint density at radius 3 is 2.89 bits per heavy atom. The molecular formula is C20H23N5O2. The van der Waals surface area contributed by atoms with E-state index in [0.29, 0.717) is 31.0 Å². The van der Waals surface area contributed by atoms with Gasteiger partial charge in [0.25, 0.3) is 5.91 Å². The van der Waals surface area contributed by atoms with Gasteiger partial charge >= 0.3 is 0 Å². The molecule has 7 heteroatoms. The first kappa shape index (κ1) is 17.3. The first-order valence-corrected chi connectivity index (χ1v) is 9.12. The van der Waals surface area contributed by atoms with E-state index >= 15 is 0 Å². The van der Waals surface area contributed by atoms with E-state index in [0.717, 1.165) is 23.8 Å². The lowest BCUT2D eigenvalue weighted by Crippen LogP contribution is -2.36. The minimum Gasteiger partial charge on any atom is -0.466 e. The predicted molar refractivity (Wildman–Crippen MR) is 101 cm³/mol. The summed E-state index contributed by atoms with van der Waals surface area (Å²) in [4.78, 5) is 19.3. The molecule has 0 bridgehead atoms. The number of hydrogen-bond donors (Lipinski definition) is 1. The van der Waals surface area contributed by atoms with Gasteiger partial charge in [0, 0.05) is 37.9 Å². The second-order valence-corrected chi connectivity index (χ2v) is 6.98. The molecule has 140 valence electrons. The maximum Gasteiger partial charge on any atom is 0.257 e. The zero-order valence-corrected chi connectivity index (χ0v) is 15.6. The minimum absolute atomic E-state index is 0.00170. The number of furan rings is 1. The average Bonchev–Trinajstić information content (AvgIpc) is 3.19. The number of fused-ring (bicyclic) bond motifs is 1. The summed E-state index contributed by atoms with van der Waals surface area (Å²) >= 11 is 0. The zero-order valence-electron chi connectivity index (χ0n) is 15.6. The highest BCUT2D eigenvalue weighted by atomic mass is 16.3. The highest BCUT2D eigenvalue weighted by molar-refractivity contribution is 5.95. The van der Waals surface area contributed by atoms with Gasteiger partial charge in [-0.05, 0) is 38.1 Å². The van der Waals surface area contributed by atoms with Crippen LogP contribution in [0.25, 0.3) is 0 Å². The summed E-state index contributed by atoms with van der Waals surface area (Å²) in [6.45, 7) is 6.36. The van der Waals surface area contributed by atoms with Gasteiger partial charge in [0.1, 0.15) is 17.3 Å². The van der Waals surface area contributed by atoms with E-state index in [9.17, 15) is 4.79 Å². The van der Waals surface area contributed by atoms with Crippen LogP contribution in [-0.2, 0) is 13.1 Å². The Kier molecular flexibility index (Phi) is 4.66. The van der Waals surface area contributed by atoms with Gasteiger partial charge in [0.2, 0.25) is 0 Å². The maximum absolute atomic E-state index is 13.1. The molecule has 0 fully saturated rings. The normalized spacial score (nSPS) is 16.7. The first-order valence-electron chi connectivity index (χ1n) is 9.12. The molecular weight excluding hydrogens is 342 g/mol. The Labute approximate surface area is 158 Å². The molecule has 0 spiro atoms. The molecule has 4 rings (SSSR count). The van der Waals surface area contributed by atoms with Gasteiger partial charge in [0.05, 0.1) is 17.8 Å². The Bertz CT molecular complexity index is 931. The van der Waals surface area contributed by atoms with Crippen molar-refractivity contribution in [3.63, 3.8) is 0 Å². The number of carbonyl (C=O) groups is 1. The van der Waals surface area contributed by atoms with Crippen LogP contribution >= 0.6 is 0 Å². The number of nitrogens with zero attached hydrogens (tertiary/aromatic N) is 4. The van der Waals surface area contributed by atoms with E-state index in [1.165, 1.54) is 0 Å². The van der Waals surface area contributed by atoms with Crippen molar-refractivity contribution >= 4 is 11.7 Å². The van der Waals surface area contributed by atoms with Crippen LogP contribution in [0.3, 0.4) is 0 Å². The standard InChI is InChI=1S/C20H23N5O2/c1-14-9-18(15(2)27-14)20(26)24-11-16(10-22-19-5-3-4-7-21-19)12-25-17(13-24)6-8-23-25/h3-9,16H,10-13H2,1-2H3,(H,21,22)/t16-/m0/s1. The molecule has 0 radical (unpaired) electrons. The van der Waals surface area contributed by atoms with Crippen LogP contribution < -0.4 is 5.32 Å². The van der Waals surface area contributed by atoms with Crippen LogP contribution in [0, 0.1) is 19.8 Å². The van der Waals surface area contributed by atoms with Gasteiger partial charge in [-0.25, -0.2) is 4.98 Å². The molecule has 1 amide bonds. The molecule has 1 aliphatic rings. The first-order chi connectivity index (χ1) is 13.1. The summed E-state index contributed by atoms with van der Waals surface area (Å²) in [5.41, 5.74) is 1.68. The molecule has 0 aromatic carbocycles. The molecule has 0 saturated carbocycles. The number of carbonyl (C=O) groups excluding carboxylic acids is 1. The largest absolute Gasteiger partial charge is 0.466 e. The van der Waals surface area contributed by atoms with Crippen molar-refractivity contribution in [2.24, 2.45) is 5.92 Å². The van der Waals surface area contributed by atoms with Gasteiger partial charge in [0.15, 0.2) is 0 Å². The number of nitrogens with one attached hydrogen (secondary N) is 1. The van der Waals surface area contributed by atoms with E-state index in [2.05, 4.69) is 15.4 Å². The molecule has 27 heavy (non-hydrogen) atoms. The Hall–Kier alpha value is -3.09. The van der Waals surface area contributed by atoms with Crippen molar-refractivity contribution in [3.05, 3.63) is 65.5 Å². The maximum atomic E-state index is 13.1. The number of amides is 1. The van der Waals surface area contributed by atoms with Crippen molar-refractivity contribution in [1.82, 2.24) is 19.7 Å². The van der Waals surface area contributed by atoms with Crippen LogP contribution in [0.4, 0.5) is 5.82 Å². The number of hydrogen-bond acceptors (Lipinski definition) is 5. The van der Waals surface area contributed by atoms with Crippen molar-refractivity contribution in [2.75, 3.05) is 18.4 Å². The fourth-order valence-electron chi connectivity index (χ4n) is 3.55. The number of rotatable bonds is 4. The lowest BCUT2D eigenvalue weighted by Gasteiger charge is -2.24. The molecule has 4 heterocycles. The summed E-state index contributed by atoms with van der Waals surface area (Å²) in [5.74, 6) is 2.47. The summed E-state index contributed by atoms with van der Waals surface area (Å²) in [6, 6.07) is 9.58. The predicted octanol–water partition coefficient (Wildman–Crippen LogP) is 2.87. The number of aryl methyl sites for hydroxylation is 2. The van der Waals surface area contributed by atoms with Crippen molar-refractivity contribution in [1.29, 1.82) is 0 Å². The highest BCUT2D eigenvalue weighted by Crippen LogP contribution is 2.22. The minimum atomic E-state index is 0.00170. The van der Waals surface area contributed by atoms with Crippen LogP contribution in [0.1, 0.15) is 27.6 Å². The second-order valence-electron chi connectivity index (χ2n) is 6.98. The van der Waals surface area contributed by atoms with Crippen molar-refractivity contribution in [2.45, 2.75) is 26.9 Å². The Morgan fingerprint density at radius 2 is 2.15 bits per heavy atom. The fourth-order valence-corrected chi connectivity index (χ4v) is 3.55. The van der Waals surface area contributed by atoms with Gasteiger partial charge < -0.3 is 14.6 Å². The molecule has 3 aromatic rings. The van der Waals surface area contributed by atoms with E-state index < -0.39 is 0 Å². The van der Waals surface area contributed by atoms with E-state index in [-0.39, 0.29) is 11.8 Å². The SMILES string of the molecule is Cc1cc(C(=O)N2Cc3ccnn3C[C@@H](CNc3ccccn3)C2)c(C)o1.